The lowest BCUT2D eigenvalue weighted by Crippen LogP contribution is -2.11. The van der Waals surface area contributed by atoms with Crippen LogP contribution in [0.3, 0.4) is 0 Å². The Kier molecular flexibility index (Phi) is 4.28. The number of rotatable bonds is 3. The largest absolute Gasteiger partial charge is 0.497 e. The van der Waals surface area contributed by atoms with E-state index in [0.29, 0.717) is 9.90 Å². The number of hydrogen-bond donors (Lipinski definition) is 1. The molecule has 0 aliphatic heterocycles. The Morgan fingerprint density at radius 2 is 1.96 bits per heavy atom. The van der Waals surface area contributed by atoms with Gasteiger partial charge in [-0.3, -0.25) is 4.79 Å². The quantitative estimate of drug-likeness (QED) is 0.687. The predicted molar refractivity (Wildman–Crippen MR) is 97.3 cm³/mol. The molecule has 0 bridgehead atoms. The highest BCUT2D eigenvalue weighted by Crippen LogP contribution is 2.37. The summed E-state index contributed by atoms with van der Waals surface area (Å²) in [5.74, 6) is 0.528. The lowest BCUT2D eigenvalue weighted by molar-refractivity contribution is 0.103. The van der Waals surface area contributed by atoms with Crippen LogP contribution in [0.4, 0.5) is 5.69 Å². The van der Waals surface area contributed by atoms with Crippen molar-refractivity contribution in [3.05, 3.63) is 57.4 Å². The molecular formula is C18H16ClNO2S. The highest BCUT2D eigenvalue weighted by atomic mass is 35.5. The fraction of sp³-hybridized carbons (Fsp3) is 0.167. The average molecular weight is 346 g/mol. The molecule has 1 N–H and O–H groups in total. The minimum atomic E-state index is -0.192. The summed E-state index contributed by atoms with van der Waals surface area (Å²) in [6.07, 6.45) is 0. The van der Waals surface area contributed by atoms with Crippen LogP contribution in [0.5, 0.6) is 5.75 Å². The van der Waals surface area contributed by atoms with Crippen molar-refractivity contribution in [2.75, 3.05) is 12.4 Å². The van der Waals surface area contributed by atoms with E-state index in [2.05, 4.69) is 5.32 Å². The zero-order valence-corrected chi connectivity index (χ0v) is 14.6. The van der Waals surface area contributed by atoms with E-state index in [1.165, 1.54) is 11.3 Å². The molecule has 0 saturated heterocycles. The minimum Gasteiger partial charge on any atom is -0.497 e. The Balaban J connectivity index is 1.96. The van der Waals surface area contributed by atoms with E-state index in [4.69, 9.17) is 16.3 Å². The first-order chi connectivity index (χ1) is 11.0. The highest BCUT2D eigenvalue weighted by Gasteiger charge is 2.18. The maximum atomic E-state index is 12.6. The van der Waals surface area contributed by atoms with Crippen LogP contribution in [-0.2, 0) is 0 Å². The van der Waals surface area contributed by atoms with Crippen LogP contribution < -0.4 is 10.1 Å². The molecule has 1 amide bonds. The number of anilines is 1. The Labute approximate surface area is 143 Å². The van der Waals surface area contributed by atoms with Gasteiger partial charge >= 0.3 is 0 Å². The molecule has 0 radical (unpaired) electrons. The van der Waals surface area contributed by atoms with Gasteiger partial charge < -0.3 is 10.1 Å². The molecular weight excluding hydrogens is 330 g/mol. The lowest BCUT2D eigenvalue weighted by atomic mass is 10.1. The van der Waals surface area contributed by atoms with E-state index in [1.807, 2.05) is 50.2 Å². The third-order valence-corrected chi connectivity index (χ3v) is 5.35. The van der Waals surface area contributed by atoms with Crippen molar-refractivity contribution >= 4 is 44.6 Å². The van der Waals surface area contributed by atoms with Crippen molar-refractivity contribution in [1.82, 2.24) is 0 Å². The van der Waals surface area contributed by atoms with Crippen molar-refractivity contribution < 1.29 is 9.53 Å². The summed E-state index contributed by atoms with van der Waals surface area (Å²) in [7, 11) is 1.61. The van der Waals surface area contributed by atoms with Crippen molar-refractivity contribution in [3.8, 4) is 5.75 Å². The predicted octanol–water partition coefficient (Wildman–Crippen LogP) is 5.43. The number of halogens is 1. The monoisotopic (exact) mass is 345 g/mol. The Bertz CT molecular complexity index is 901. The third kappa shape index (κ3) is 3.05. The first-order valence-electron chi connectivity index (χ1n) is 7.14. The van der Waals surface area contributed by atoms with Gasteiger partial charge in [-0.25, -0.2) is 0 Å². The molecule has 1 heterocycles. The number of thiophene rings is 1. The van der Waals surface area contributed by atoms with Crippen molar-refractivity contribution in [1.29, 1.82) is 0 Å². The standard InChI is InChI=1S/C18H16ClNO2S/c1-10-4-6-14(11(2)8-10)20-18(21)17-16(19)13-9-12(22-3)5-7-15(13)23-17/h4-9H,1-3H3,(H,20,21). The van der Waals surface area contributed by atoms with E-state index in [1.54, 1.807) is 7.11 Å². The Morgan fingerprint density at radius 3 is 2.65 bits per heavy atom. The fourth-order valence-corrected chi connectivity index (χ4v) is 3.84. The second kappa shape index (κ2) is 6.22. The molecule has 0 saturated carbocycles. The number of ether oxygens (including phenoxy) is 1. The molecule has 0 aliphatic carbocycles. The van der Waals surface area contributed by atoms with Crippen LogP contribution in [0, 0.1) is 13.8 Å². The lowest BCUT2D eigenvalue weighted by Gasteiger charge is -2.08. The summed E-state index contributed by atoms with van der Waals surface area (Å²) in [5, 5.41) is 4.24. The first-order valence-corrected chi connectivity index (χ1v) is 8.33. The zero-order valence-electron chi connectivity index (χ0n) is 13.1. The molecule has 3 nitrogen and oxygen atoms in total. The van der Waals surface area contributed by atoms with Gasteiger partial charge in [-0.1, -0.05) is 29.3 Å². The van der Waals surface area contributed by atoms with Crippen LogP contribution >= 0.6 is 22.9 Å². The SMILES string of the molecule is COc1ccc2sc(C(=O)Nc3ccc(C)cc3C)c(Cl)c2c1. The van der Waals surface area contributed by atoms with Gasteiger partial charge in [0.2, 0.25) is 0 Å². The molecule has 0 atom stereocenters. The molecule has 1 aromatic heterocycles. The van der Waals surface area contributed by atoms with Gasteiger partial charge in [-0.15, -0.1) is 11.3 Å². The van der Waals surface area contributed by atoms with Gasteiger partial charge in [0.1, 0.15) is 10.6 Å². The number of benzene rings is 2. The second-order valence-electron chi connectivity index (χ2n) is 5.38. The molecule has 0 fully saturated rings. The number of nitrogens with one attached hydrogen (secondary N) is 1. The van der Waals surface area contributed by atoms with Crippen molar-refractivity contribution in [3.63, 3.8) is 0 Å². The fourth-order valence-electron chi connectivity index (χ4n) is 2.45. The topological polar surface area (TPSA) is 38.3 Å². The van der Waals surface area contributed by atoms with Gasteiger partial charge in [0.25, 0.3) is 5.91 Å². The molecule has 23 heavy (non-hydrogen) atoms. The molecule has 3 aromatic rings. The summed E-state index contributed by atoms with van der Waals surface area (Å²) >= 11 is 7.79. The Morgan fingerprint density at radius 1 is 1.17 bits per heavy atom. The van der Waals surface area contributed by atoms with E-state index < -0.39 is 0 Å². The minimum absolute atomic E-state index is 0.192. The number of carbonyl (C=O) groups is 1. The molecule has 0 spiro atoms. The van der Waals surface area contributed by atoms with Crippen LogP contribution in [0.1, 0.15) is 20.8 Å². The maximum Gasteiger partial charge on any atom is 0.267 e. The molecule has 118 valence electrons. The number of amides is 1. The smallest absolute Gasteiger partial charge is 0.267 e. The van der Waals surface area contributed by atoms with Gasteiger partial charge in [0.05, 0.1) is 12.1 Å². The normalized spacial score (nSPS) is 10.8. The van der Waals surface area contributed by atoms with E-state index in [9.17, 15) is 4.79 Å². The molecule has 5 heteroatoms. The number of carbonyl (C=O) groups excluding carboxylic acids is 1. The van der Waals surface area contributed by atoms with Crippen LogP contribution in [0.25, 0.3) is 10.1 Å². The summed E-state index contributed by atoms with van der Waals surface area (Å²) in [6.45, 7) is 3.99. The molecule has 0 aliphatic rings. The van der Waals surface area contributed by atoms with E-state index in [0.717, 1.165) is 32.6 Å². The summed E-state index contributed by atoms with van der Waals surface area (Å²) in [5.41, 5.74) is 2.98. The molecule has 2 aromatic carbocycles. The summed E-state index contributed by atoms with van der Waals surface area (Å²) < 4.78 is 6.17. The first kappa shape index (κ1) is 15.8. The van der Waals surface area contributed by atoms with Gasteiger partial charge in [0, 0.05) is 15.8 Å². The summed E-state index contributed by atoms with van der Waals surface area (Å²) in [4.78, 5) is 13.1. The zero-order chi connectivity index (χ0) is 16.6. The van der Waals surface area contributed by atoms with Crippen molar-refractivity contribution in [2.24, 2.45) is 0 Å². The van der Waals surface area contributed by atoms with Crippen LogP contribution in [0.2, 0.25) is 5.02 Å². The third-order valence-electron chi connectivity index (χ3n) is 3.67. The highest BCUT2D eigenvalue weighted by molar-refractivity contribution is 7.21. The van der Waals surface area contributed by atoms with E-state index in [-0.39, 0.29) is 5.91 Å². The number of methoxy groups -OCH3 is 1. The number of hydrogen-bond acceptors (Lipinski definition) is 3. The van der Waals surface area contributed by atoms with Crippen LogP contribution in [0.15, 0.2) is 36.4 Å². The second-order valence-corrected chi connectivity index (χ2v) is 6.81. The maximum absolute atomic E-state index is 12.6. The number of fused-ring (bicyclic) bond motifs is 1. The molecule has 0 unspecified atom stereocenters. The van der Waals surface area contributed by atoms with Crippen molar-refractivity contribution in [2.45, 2.75) is 13.8 Å². The van der Waals surface area contributed by atoms with Gasteiger partial charge in [-0.05, 0) is 43.7 Å². The Hall–Kier alpha value is -2.04. The number of aryl methyl sites for hydroxylation is 2. The average Bonchev–Trinajstić information content (AvgIpc) is 2.86. The van der Waals surface area contributed by atoms with E-state index >= 15 is 0 Å². The van der Waals surface area contributed by atoms with Gasteiger partial charge in [-0.2, -0.15) is 0 Å². The molecule has 3 rings (SSSR count). The summed E-state index contributed by atoms with van der Waals surface area (Å²) in [6, 6.07) is 11.5. The van der Waals surface area contributed by atoms with Crippen LogP contribution in [-0.4, -0.2) is 13.0 Å². The van der Waals surface area contributed by atoms with Gasteiger partial charge in [0.15, 0.2) is 0 Å².